The van der Waals surface area contributed by atoms with Crippen molar-refractivity contribution < 1.29 is 13.9 Å². The number of rotatable bonds is 5. The molecule has 1 aromatic rings. The quantitative estimate of drug-likeness (QED) is 0.880. The predicted molar refractivity (Wildman–Crippen MR) is 91.4 cm³/mol. The Morgan fingerprint density at radius 2 is 2.17 bits per heavy atom. The molecule has 0 radical (unpaired) electrons. The van der Waals surface area contributed by atoms with E-state index in [9.17, 15) is 9.18 Å². The van der Waals surface area contributed by atoms with Crippen molar-refractivity contribution >= 4 is 18.5 Å². The summed E-state index contributed by atoms with van der Waals surface area (Å²) in [6.45, 7) is 4.49. The molecule has 0 bridgehead atoms. The molecule has 0 spiro atoms. The van der Waals surface area contributed by atoms with Gasteiger partial charge < -0.3 is 15.0 Å². The van der Waals surface area contributed by atoms with E-state index in [-0.39, 0.29) is 36.7 Å². The van der Waals surface area contributed by atoms with E-state index in [0.717, 1.165) is 32.4 Å². The van der Waals surface area contributed by atoms with Crippen molar-refractivity contribution in [3.05, 3.63) is 35.1 Å². The van der Waals surface area contributed by atoms with Gasteiger partial charge in [0.2, 0.25) is 0 Å². The van der Waals surface area contributed by atoms with E-state index >= 15 is 0 Å². The minimum atomic E-state index is -0.593. The number of ether oxygens (including phenoxy) is 1. The maximum atomic E-state index is 13.6. The third kappa shape index (κ3) is 5.36. The lowest BCUT2D eigenvalue weighted by Gasteiger charge is -2.33. The number of carbonyl (C=O) groups is 1. The number of benzene rings is 1. The molecule has 1 aliphatic rings. The zero-order chi connectivity index (χ0) is 16.7. The second-order valence-corrected chi connectivity index (χ2v) is 5.66. The second kappa shape index (κ2) is 10.1. The average Bonchev–Trinajstić information content (AvgIpc) is 2.58. The third-order valence-electron chi connectivity index (χ3n) is 3.96. The summed E-state index contributed by atoms with van der Waals surface area (Å²) in [7, 11) is 0. The second-order valence-electron chi connectivity index (χ2n) is 5.66. The fraction of sp³-hybridized carbons (Fsp3) is 0.529. The van der Waals surface area contributed by atoms with Crippen LogP contribution in [0.2, 0.25) is 0 Å². The maximum Gasteiger partial charge on any atom is 0.410 e. The van der Waals surface area contributed by atoms with Crippen molar-refractivity contribution in [1.82, 2.24) is 10.2 Å². The number of nitrogens with zero attached hydrogens (tertiary/aromatic N) is 2. The van der Waals surface area contributed by atoms with Gasteiger partial charge in [-0.1, -0.05) is 13.0 Å². The summed E-state index contributed by atoms with van der Waals surface area (Å²) in [5.41, 5.74) is 0.527. The summed E-state index contributed by atoms with van der Waals surface area (Å²) in [6.07, 6.45) is 2.34. The first-order chi connectivity index (χ1) is 11.2. The van der Waals surface area contributed by atoms with E-state index < -0.39 is 5.82 Å². The van der Waals surface area contributed by atoms with Gasteiger partial charge in [0.1, 0.15) is 18.5 Å². The number of hydrogen-bond donors (Lipinski definition) is 1. The molecule has 0 atom stereocenters. The molecule has 7 heteroatoms. The lowest BCUT2D eigenvalue weighted by molar-refractivity contribution is 0.0733. The van der Waals surface area contributed by atoms with Crippen molar-refractivity contribution in [2.45, 2.75) is 38.8 Å². The molecule has 1 heterocycles. The van der Waals surface area contributed by atoms with E-state index in [0.29, 0.717) is 12.1 Å². The van der Waals surface area contributed by atoms with Crippen LogP contribution < -0.4 is 5.32 Å². The minimum absolute atomic E-state index is 0. The first kappa shape index (κ1) is 20.2. The van der Waals surface area contributed by atoms with Gasteiger partial charge in [-0.3, -0.25) is 0 Å². The first-order valence-corrected chi connectivity index (χ1v) is 7.98. The summed E-state index contributed by atoms with van der Waals surface area (Å²) < 4.78 is 18.9. The van der Waals surface area contributed by atoms with Crippen LogP contribution in [0.4, 0.5) is 9.18 Å². The smallest absolute Gasteiger partial charge is 0.410 e. The van der Waals surface area contributed by atoms with E-state index in [1.54, 1.807) is 17.0 Å². The number of piperidine rings is 1. The zero-order valence-electron chi connectivity index (χ0n) is 13.8. The average molecular weight is 356 g/mol. The fourth-order valence-corrected chi connectivity index (χ4v) is 2.75. The molecule has 0 unspecified atom stereocenters. The Kier molecular flexibility index (Phi) is 8.51. The monoisotopic (exact) mass is 355 g/mol. The Labute approximate surface area is 148 Å². The SMILES string of the molecule is CCCN(C(=O)OCc1ccc(C#N)c(F)c1)C1CCNCC1.Cl. The van der Waals surface area contributed by atoms with Crippen molar-refractivity contribution in [2.75, 3.05) is 19.6 Å². The van der Waals surface area contributed by atoms with Crippen molar-refractivity contribution in [1.29, 1.82) is 5.26 Å². The Morgan fingerprint density at radius 3 is 2.75 bits per heavy atom. The molecule has 2 rings (SSSR count). The number of carbonyl (C=O) groups excluding carboxylic acids is 1. The van der Waals surface area contributed by atoms with Gasteiger partial charge in [0, 0.05) is 12.6 Å². The Morgan fingerprint density at radius 1 is 1.46 bits per heavy atom. The minimum Gasteiger partial charge on any atom is -0.445 e. The standard InChI is InChI=1S/C17H22FN3O2.ClH/c1-2-9-21(15-5-7-20-8-6-15)17(22)23-12-13-3-4-14(11-19)16(18)10-13;/h3-4,10,15,20H,2,5-9,12H2,1H3;1H. The van der Waals surface area contributed by atoms with Crippen LogP contribution in [0.3, 0.4) is 0 Å². The van der Waals surface area contributed by atoms with Gasteiger partial charge in [0.25, 0.3) is 0 Å². The Bertz CT molecular complexity index is 586. The number of nitrogens with one attached hydrogen (secondary N) is 1. The van der Waals surface area contributed by atoms with Gasteiger partial charge in [-0.15, -0.1) is 12.4 Å². The van der Waals surface area contributed by atoms with E-state index in [4.69, 9.17) is 10.00 Å². The molecular weight excluding hydrogens is 333 g/mol. The highest BCUT2D eigenvalue weighted by Crippen LogP contribution is 2.16. The topological polar surface area (TPSA) is 65.4 Å². The lowest BCUT2D eigenvalue weighted by atomic mass is 10.1. The highest BCUT2D eigenvalue weighted by atomic mass is 35.5. The Hall–Kier alpha value is -1.84. The summed E-state index contributed by atoms with van der Waals surface area (Å²) >= 11 is 0. The molecule has 0 saturated carbocycles. The van der Waals surface area contributed by atoms with Crippen molar-refractivity contribution in [2.24, 2.45) is 0 Å². The van der Waals surface area contributed by atoms with Crippen LogP contribution in [0.15, 0.2) is 18.2 Å². The van der Waals surface area contributed by atoms with Gasteiger partial charge >= 0.3 is 6.09 Å². The summed E-state index contributed by atoms with van der Waals surface area (Å²) in [4.78, 5) is 14.1. The number of hydrogen-bond acceptors (Lipinski definition) is 4. The molecule has 1 saturated heterocycles. The molecule has 1 aromatic carbocycles. The van der Waals surface area contributed by atoms with Gasteiger partial charge in [-0.2, -0.15) is 5.26 Å². The van der Waals surface area contributed by atoms with Crippen LogP contribution in [-0.4, -0.2) is 36.7 Å². The van der Waals surface area contributed by atoms with Crippen LogP contribution in [0.1, 0.15) is 37.3 Å². The predicted octanol–water partition coefficient (Wildman–Crippen LogP) is 3.22. The van der Waals surface area contributed by atoms with E-state index in [1.807, 2.05) is 6.92 Å². The lowest BCUT2D eigenvalue weighted by Crippen LogP contribution is -2.46. The molecule has 24 heavy (non-hydrogen) atoms. The largest absolute Gasteiger partial charge is 0.445 e. The van der Waals surface area contributed by atoms with Crippen LogP contribution in [-0.2, 0) is 11.3 Å². The highest BCUT2D eigenvalue weighted by Gasteiger charge is 2.25. The van der Waals surface area contributed by atoms with Gasteiger partial charge in [-0.05, 0) is 50.0 Å². The van der Waals surface area contributed by atoms with Crippen molar-refractivity contribution in [3.63, 3.8) is 0 Å². The van der Waals surface area contributed by atoms with Crippen LogP contribution in [0.5, 0.6) is 0 Å². The van der Waals surface area contributed by atoms with E-state index in [2.05, 4.69) is 5.32 Å². The van der Waals surface area contributed by atoms with Gasteiger partial charge in [0.15, 0.2) is 0 Å². The summed E-state index contributed by atoms with van der Waals surface area (Å²) in [5.74, 6) is -0.593. The summed E-state index contributed by atoms with van der Waals surface area (Å²) in [5, 5.41) is 12.0. The number of halogens is 2. The molecule has 1 aliphatic heterocycles. The zero-order valence-corrected chi connectivity index (χ0v) is 14.6. The molecule has 5 nitrogen and oxygen atoms in total. The van der Waals surface area contributed by atoms with E-state index in [1.165, 1.54) is 12.1 Å². The fourth-order valence-electron chi connectivity index (χ4n) is 2.75. The van der Waals surface area contributed by atoms with Gasteiger partial charge in [0.05, 0.1) is 5.56 Å². The van der Waals surface area contributed by atoms with Crippen molar-refractivity contribution in [3.8, 4) is 6.07 Å². The molecule has 1 amide bonds. The first-order valence-electron chi connectivity index (χ1n) is 7.98. The van der Waals surface area contributed by atoms with Gasteiger partial charge in [-0.25, -0.2) is 9.18 Å². The molecule has 1 fully saturated rings. The summed E-state index contributed by atoms with van der Waals surface area (Å²) in [6, 6.07) is 6.20. The van der Waals surface area contributed by atoms with Crippen LogP contribution >= 0.6 is 12.4 Å². The van der Waals surface area contributed by atoms with Crippen LogP contribution in [0.25, 0.3) is 0 Å². The van der Waals surface area contributed by atoms with Crippen LogP contribution in [0, 0.1) is 17.1 Å². The Balaban J connectivity index is 0.00000288. The normalized spacial score (nSPS) is 14.4. The molecule has 0 aliphatic carbocycles. The number of amides is 1. The molecule has 1 N–H and O–H groups in total. The third-order valence-corrected chi connectivity index (χ3v) is 3.96. The maximum absolute atomic E-state index is 13.6. The highest BCUT2D eigenvalue weighted by molar-refractivity contribution is 5.85. The number of nitriles is 1. The molecule has 132 valence electrons. The molecule has 0 aromatic heterocycles. The molecular formula is C17H23ClFN3O2.